The summed E-state index contributed by atoms with van der Waals surface area (Å²) < 4.78 is 0.824. The van der Waals surface area contributed by atoms with Gasteiger partial charge in [-0.05, 0) is 77.4 Å². The number of hydrogen-bond acceptors (Lipinski definition) is 1. The van der Waals surface area contributed by atoms with E-state index in [0.29, 0.717) is 10.6 Å². The highest BCUT2D eigenvalue weighted by Crippen LogP contribution is 2.42. The van der Waals surface area contributed by atoms with Gasteiger partial charge in [0.05, 0.1) is 5.69 Å². The Morgan fingerprint density at radius 2 is 2.05 bits per heavy atom. The molecule has 4 heteroatoms. The lowest BCUT2D eigenvalue weighted by atomic mass is 9.93. The number of carbonyl (C=O) groups excluding carboxylic acids is 1. The lowest BCUT2D eigenvalue weighted by molar-refractivity contribution is -0.110. The summed E-state index contributed by atoms with van der Waals surface area (Å²) in [7, 11) is 0. The number of amides is 1. The van der Waals surface area contributed by atoms with Crippen LogP contribution in [0.5, 0.6) is 0 Å². The van der Waals surface area contributed by atoms with Gasteiger partial charge in [0.1, 0.15) is 0 Å². The summed E-state index contributed by atoms with van der Waals surface area (Å²) in [5.74, 6) is -0.0521. The minimum absolute atomic E-state index is 0.0521. The number of nitrogens with one attached hydrogen (secondary N) is 1. The molecule has 1 N–H and O–H groups in total. The van der Waals surface area contributed by atoms with Crippen LogP contribution in [-0.4, -0.2) is 5.91 Å². The number of anilines is 1. The summed E-state index contributed by atoms with van der Waals surface area (Å²) in [5, 5.41) is 3.56. The van der Waals surface area contributed by atoms with Crippen LogP contribution in [0, 0.1) is 0 Å². The molecule has 0 spiro atoms. The Morgan fingerprint density at radius 1 is 1.23 bits per heavy atom. The molecule has 1 aromatic carbocycles. The highest BCUT2D eigenvalue weighted by Gasteiger charge is 2.27. The van der Waals surface area contributed by atoms with Gasteiger partial charge in [0.15, 0.2) is 0 Å². The number of hydrogen-bond donors (Lipinski definition) is 1. The van der Waals surface area contributed by atoms with Crippen molar-refractivity contribution < 1.29 is 4.79 Å². The lowest BCUT2D eigenvalue weighted by Gasteiger charge is -2.12. The van der Waals surface area contributed by atoms with Gasteiger partial charge in [0.2, 0.25) is 0 Å². The summed E-state index contributed by atoms with van der Waals surface area (Å²) in [6, 6.07) is 3.66. The second-order valence-electron chi connectivity index (χ2n) is 6.05. The average Bonchev–Trinajstić information content (AvgIpc) is 3.02. The predicted molar refractivity (Wildman–Crippen MR) is 94.0 cm³/mol. The molecule has 0 bridgehead atoms. The van der Waals surface area contributed by atoms with E-state index >= 15 is 0 Å². The van der Waals surface area contributed by atoms with E-state index in [9.17, 15) is 4.79 Å². The molecule has 0 unspecified atom stereocenters. The molecule has 3 aliphatic rings. The molecule has 1 amide bonds. The predicted octanol–water partition coefficient (Wildman–Crippen LogP) is 5.64. The molecule has 4 rings (SSSR count). The zero-order chi connectivity index (χ0) is 15.3. The zero-order valence-electron chi connectivity index (χ0n) is 12.0. The third-order valence-electron chi connectivity index (χ3n) is 4.56. The van der Waals surface area contributed by atoms with Crippen LogP contribution < -0.4 is 5.32 Å². The minimum Gasteiger partial charge on any atom is -0.320 e. The van der Waals surface area contributed by atoms with Crippen LogP contribution in [0.4, 0.5) is 5.69 Å². The Bertz CT molecular complexity index is 789. The third-order valence-corrected chi connectivity index (χ3v) is 5.41. The number of rotatable bonds is 1. The van der Waals surface area contributed by atoms with Crippen LogP contribution in [0.15, 0.2) is 45.5 Å². The second-order valence-corrected chi connectivity index (χ2v) is 7.35. The van der Waals surface area contributed by atoms with Crippen molar-refractivity contribution in [1.82, 2.24) is 0 Å². The van der Waals surface area contributed by atoms with E-state index in [4.69, 9.17) is 11.6 Å². The van der Waals surface area contributed by atoms with Crippen molar-refractivity contribution in [3.63, 3.8) is 0 Å². The van der Waals surface area contributed by atoms with Crippen molar-refractivity contribution >= 4 is 44.7 Å². The van der Waals surface area contributed by atoms with E-state index in [1.54, 1.807) is 11.6 Å². The van der Waals surface area contributed by atoms with Crippen LogP contribution >= 0.6 is 27.5 Å². The van der Waals surface area contributed by atoms with Gasteiger partial charge in [0.25, 0.3) is 5.91 Å². The molecule has 0 saturated carbocycles. The van der Waals surface area contributed by atoms with Gasteiger partial charge < -0.3 is 5.32 Å². The topological polar surface area (TPSA) is 29.1 Å². The molecule has 0 radical (unpaired) electrons. The number of carbonyl (C=O) groups is 1. The summed E-state index contributed by atoms with van der Waals surface area (Å²) in [6.45, 7) is 0. The molecule has 112 valence electrons. The van der Waals surface area contributed by atoms with Crippen LogP contribution in [-0.2, 0) is 4.79 Å². The van der Waals surface area contributed by atoms with E-state index in [0.717, 1.165) is 22.1 Å². The lowest BCUT2D eigenvalue weighted by Crippen LogP contribution is -2.04. The van der Waals surface area contributed by atoms with Crippen molar-refractivity contribution in [3.8, 4) is 0 Å². The molecular formula is C18H15BrClNO. The van der Waals surface area contributed by atoms with Crippen LogP contribution in [0.3, 0.4) is 0 Å². The molecule has 0 saturated heterocycles. The van der Waals surface area contributed by atoms with E-state index in [1.807, 2.05) is 12.1 Å². The fraction of sp³-hybridized carbons (Fsp3) is 0.278. The Kier molecular flexibility index (Phi) is 3.50. The van der Waals surface area contributed by atoms with E-state index < -0.39 is 0 Å². The van der Waals surface area contributed by atoms with E-state index in [2.05, 4.69) is 27.3 Å². The maximum atomic E-state index is 12.3. The molecule has 0 atom stereocenters. The normalized spacial score (nSPS) is 21.8. The van der Waals surface area contributed by atoms with Crippen molar-refractivity contribution in [1.29, 1.82) is 0 Å². The Hall–Kier alpha value is -1.32. The molecule has 0 aromatic heterocycles. The molecular weight excluding hydrogens is 362 g/mol. The quantitative estimate of drug-likeness (QED) is 0.631. The highest BCUT2D eigenvalue weighted by atomic mass is 79.9. The first-order valence-electron chi connectivity index (χ1n) is 7.56. The second kappa shape index (κ2) is 5.39. The molecule has 22 heavy (non-hydrogen) atoms. The summed E-state index contributed by atoms with van der Waals surface area (Å²) >= 11 is 9.61. The van der Waals surface area contributed by atoms with Crippen molar-refractivity contribution in [2.24, 2.45) is 0 Å². The molecule has 1 heterocycles. The van der Waals surface area contributed by atoms with Gasteiger partial charge in [-0.1, -0.05) is 23.3 Å². The first kappa shape index (κ1) is 14.3. The van der Waals surface area contributed by atoms with Crippen LogP contribution in [0.25, 0.3) is 5.57 Å². The minimum atomic E-state index is -0.0521. The van der Waals surface area contributed by atoms with Crippen LogP contribution in [0.1, 0.15) is 37.7 Å². The highest BCUT2D eigenvalue weighted by molar-refractivity contribution is 9.10. The fourth-order valence-corrected chi connectivity index (χ4v) is 4.44. The molecule has 1 aliphatic heterocycles. The number of halogens is 2. The molecule has 1 aromatic rings. The average molecular weight is 377 g/mol. The van der Waals surface area contributed by atoms with E-state index in [-0.39, 0.29) is 5.91 Å². The monoisotopic (exact) mass is 375 g/mol. The van der Waals surface area contributed by atoms with Gasteiger partial charge in [0, 0.05) is 20.6 Å². The zero-order valence-corrected chi connectivity index (χ0v) is 14.4. The standard InChI is InChI=1S/C18H15BrClNO/c19-16-9-13(20)8-14-15(18(22)21-17(14)16)7-10-5-11-3-1-2-4-12(11)6-10/h5,7-9H,1-4,6H2,(H,21,22). The molecule has 0 fully saturated rings. The van der Waals surface area contributed by atoms with Crippen molar-refractivity contribution in [2.45, 2.75) is 32.1 Å². The fourth-order valence-electron chi connectivity index (χ4n) is 3.53. The van der Waals surface area contributed by atoms with Crippen LogP contribution in [0.2, 0.25) is 5.02 Å². The molecule has 2 nitrogen and oxygen atoms in total. The summed E-state index contributed by atoms with van der Waals surface area (Å²) in [4.78, 5) is 12.3. The number of benzene rings is 1. The van der Waals surface area contributed by atoms with Gasteiger partial charge in [-0.2, -0.15) is 0 Å². The van der Waals surface area contributed by atoms with Gasteiger partial charge in [-0.25, -0.2) is 0 Å². The smallest absolute Gasteiger partial charge is 0.256 e. The Labute approximate surface area is 143 Å². The first-order chi connectivity index (χ1) is 10.6. The third kappa shape index (κ3) is 2.37. The maximum absolute atomic E-state index is 12.3. The SMILES string of the molecule is O=C1Nc2c(Br)cc(Cl)cc2C1=CC1=CC2=C(CCCC2)C1. The Morgan fingerprint density at radius 3 is 2.86 bits per heavy atom. The van der Waals surface area contributed by atoms with Gasteiger partial charge in [-0.3, -0.25) is 4.79 Å². The Balaban J connectivity index is 1.72. The number of allylic oxidation sites excluding steroid dienone is 5. The number of fused-ring (bicyclic) bond motifs is 1. The largest absolute Gasteiger partial charge is 0.320 e. The first-order valence-corrected chi connectivity index (χ1v) is 8.73. The maximum Gasteiger partial charge on any atom is 0.256 e. The van der Waals surface area contributed by atoms with Crippen molar-refractivity contribution in [3.05, 3.63) is 56.1 Å². The summed E-state index contributed by atoms with van der Waals surface area (Å²) in [5.41, 5.74) is 6.70. The van der Waals surface area contributed by atoms with E-state index in [1.165, 1.54) is 36.8 Å². The van der Waals surface area contributed by atoms with Crippen molar-refractivity contribution in [2.75, 3.05) is 5.32 Å². The summed E-state index contributed by atoms with van der Waals surface area (Å²) in [6.07, 6.45) is 10.3. The van der Waals surface area contributed by atoms with Gasteiger partial charge in [-0.15, -0.1) is 0 Å². The van der Waals surface area contributed by atoms with Gasteiger partial charge >= 0.3 is 0 Å². The molecule has 2 aliphatic carbocycles.